The third kappa shape index (κ3) is 4.56. The predicted molar refractivity (Wildman–Crippen MR) is 122 cm³/mol. The van der Waals surface area contributed by atoms with Gasteiger partial charge in [-0.3, -0.25) is 4.98 Å². The molecule has 31 heavy (non-hydrogen) atoms. The molecule has 4 rings (SSSR count). The molecule has 2 fully saturated rings. The highest BCUT2D eigenvalue weighted by Gasteiger charge is 2.35. The van der Waals surface area contributed by atoms with Crippen LogP contribution in [-0.2, 0) is 14.8 Å². The molecule has 0 amide bonds. The molecule has 168 valence electrons. The van der Waals surface area contributed by atoms with Crippen molar-refractivity contribution in [3.8, 4) is 0 Å². The van der Waals surface area contributed by atoms with Crippen LogP contribution in [0.15, 0.2) is 18.5 Å². The number of anilines is 1. The molecule has 0 spiro atoms. The molecule has 1 unspecified atom stereocenters. The zero-order valence-electron chi connectivity index (χ0n) is 18.2. The number of nitrogens with one attached hydrogen (secondary N) is 1. The molecular formula is C22H31N5O3S. The van der Waals surface area contributed by atoms with Crippen LogP contribution in [0, 0.1) is 18.4 Å². The number of fused-ring (bicyclic) bond motifs is 1. The summed E-state index contributed by atoms with van der Waals surface area (Å²) in [6.45, 7) is 9.37. The zero-order valence-corrected chi connectivity index (χ0v) is 19.1. The van der Waals surface area contributed by atoms with Crippen LogP contribution < -0.4 is 4.90 Å². The number of ether oxygens (including phenoxy) is 1. The summed E-state index contributed by atoms with van der Waals surface area (Å²) in [5.41, 5.74) is 2.25. The lowest BCUT2D eigenvalue weighted by Crippen LogP contribution is -2.39. The van der Waals surface area contributed by atoms with Crippen molar-refractivity contribution in [2.75, 3.05) is 44.5 Å². The van der Waals surface area contributed by atoms with E-state index >= 15 is 0 Å². The number of pyridine rings is 1. The summed E-state index contributed by atoms with van der Waals surface area (Å²) in [6.07, 6.45) is 7.98. The minimum absolute atomic E-state index is 0.196. The average molecular weight is 446 g/mol. The summed E-state index contributed by atoms with van der Waals surface area (Å²) >= 11 is 0. The Hall–Kier alpha value is -2.15. The highest BCUT2D eigenvalue weighted by molar-refractivity contribution is 7.89. The molecule has 1 saturated carbocycles. The monoisotopic (exact) mass is 445 g/mol. The smallest absolute Gasteiger partial charge is 0.228 e. The summed E-state index contributed by atoms with van der Waals surface area (Å²) in [4.78, 5) is 13.3. The molecule has 9 heteroatoms. The molecule has 2 aromatic heterocycles. The molecule has 8 nitrogen and oxygen atoms in total. The van der Waals surface area contributed by atoms with E-state index in [-0.39, 0.29) is 17.7 Å². The maximum atomic E-state index is 12.9. The van der Waals surface area contributed by atoms with Gasteiger partial charge in [-0.25, -0.2) is 17.6 Å². The molecule has 1 aliphatic heterocycles. The van der Waals surface area contributed by atoms with Gasteiger partial charge in [0.25, 0.3) is 0 Å². The number of aromatic amines is 1. The van der Waals surface area contributed by atoms with Gasteiger partial charge in [-0.15, -0.1) is 0 Å². The molecule has 0 radical (unpaired) electrons. The second kappa shape index (κ2) is 9.15. The quantitative estimate of drug-likeness (QED) is 0.661. The third-order valence-electron chi connectivity index (χ3n) is 6.87. The van der Waals surface area contributed by atoms with Gasteiger partial charge >= 0.3 is 0 Å². The van der Waals surface area contributed by atoms with Crippen LogP contribution in [0.25, 0.3) is 15.9 Å². The minimum atomic E-state index is -3.22. The number of sulfonamides is 1. The second-order valence-electron chi connectivity index (χ2n) is 8.88. The van der Waals surface area contributed by atoms with Crippen molar-refractivity contribution in [1.29, 1.82) is 0 Å². The van der Waals surface area contributed by atoms with Gasteiger partial charge in [0, 0.05) is 51.1 Å². The van der Waals surface area contributed by atoms with Crippen molar-refractivity contribution < 1.29 is 13.2 Å². The Balaban J connectivity index is 1.38. The van der Waals surface area contributed by atoms with Gasteiger partial charge < -0.3 is 14.6 Å². The second-order valence-corrected chi connectivity index (χ2v) is 10.9. The standard InChI is InChI=1S/C22H31N5O3S/c1-23-20-12-25-22-19(8-10-24-22)21(20)26(2)18-6-4-16(5-7-18)15-31(28,29)27-11-9-17(13-27)14-30-3/h8,10,12,16-18H,4-7,9,11,13-15H2,2-3H3,(H,24,25). The van der Waals surface area contributed by atoms with Crippen LogP contribution in [0.1, 0.15) is 32.1 Å². The highest BCUT2D eigenvalue weighted by Crippen LogP contribution is 2.39. The molecule has 1 atom stereocenters. The summed E-state index contributed by atoms with van der Waals surface area (Å²) in [6, 6.07) is 2.26. The topological polar surface area (TPSA) is 82.9 Å². The van der Waals surface area contributed by atoms with Crippen LogP contribution >= 0.6 is 0 Å². The number of nitrogens with zero attached hydrogens (tertiary/aromatic N) is 4. The molecule has 0 bridgehead atoms. The fourth-order valence-corrected chi connectivity index (χ4v) is 7.10. The first kappa shape index (κ1) is 22.1. The van der Waals surface area contributed by atoms with Crippen molar-refractivity contribution >= 4 is 32.4 Å². The van der Waals surface area contributed by atoms with Gasteiger partial charge in [0.05, 0.1) is 24.6 Å². The van der Waals surface area contributed by atoms with Gasteiger partial charge in [0.2, 0.25) is 15.7 Å². The van der Waals surface area contributed by atoms with Crippen molar-refractivity contribution in [2.24, 2.45) is 11.8 Å². The maximum Gasteiger partial charge on any atom is 0.228 e. The fraction of sp³-hybridized carbons (Fsp3) is 0.636. The highest BCUT2D eigenvalue weighted by atomic mass is 32.2. The van der Waals surface area contributed by atoms with E-state index in [1.54, 1.807) is 17.6 Å². The van der Waals surface area contributed by atoms with Gasteiger partial charge in [-0.05, 0) is 50.0 Å². The van der Waals surface area contributed by atoms with E-state index in [9.17, 15) is 8.42 Å². The maximum absolute atomic E-state index is 12.9. The lowest BCUT2D eigenvalue weighted by Gasteiger charge is -2.37. The molecule has 2 aromatic rings. The number of hydrogen-bond acceptors (Lipinski definition) is 5. The average Bonchev–Trinajstić information content (AvgIpc) is 3.43. The van der Waals surface area contributed by atoms with E-state index in [0.29, 0.717) is 31.3 Å². The molecule has 2 aliphatic rings. The Kier molecular flexibility index (Phi) is 6.51. The molecular weight excluding hydrogens is 414 g/mol. The molecule has 0 aromatic carbocycles. The Bertz CT molecular complexity index is 1050. The SMILES string of the molecule is [C-]#[N+]c1cnc2[nH]ccc2c1N(C)C1CCC(CS(=O)(=O)N2CCC(COC)C2)CC1. The van der Waals surface area contributed by atoms with Crippen molar-refractivity contribution in [3.63, 3.8) is 0 Å². The van der Waals surface area contributed by atoms with Crippen LogP contribution in [0.3, 0.4) is 0 Å². The van der Waals surface area contributed by atoms with Gasteiger partial charge in [0.1, 0.15) is 5.65 Å². The Labute approximate surface area is 184 Å². The Morgan fingerprint density at radius 1 is 1.29 bits per heavy atom. The van der Waals surface area contributed by atoms with Crippen molar-refractivity contribution in [2.45, 2.75) is 38.1 Å². The largest absolute Gasteiger partial charge is 0.384 e. The first-order chi connectivity index (χ1) is 14.9. The lowest BCUT2D eigenvalue weighted by molar-refractivity contribution is 0.157. The number of H-pyrrole nitrogens is 1. The Morgan fingerprint density at radius 2 is 2.06 bits per heavy atom. The van der Waals surface area contributed by atoms with Crippen LogP contribution in [0.5, 0.6) is 0 Å². The number of rotatable bonds is 7. The van der Waals surface area contributed by atoms with E-state index in [4.69, 9.17) is 11.3 Å². The minimum Gasteiger partial charge on any atom is -0.384 e. The molecule has 1 N–H and O–H groups in total. The van der Waals surface area contributed by atoms with E-state index in [2.05, 4.69) is 19.7 Å². The fourth-order valence-electron chi connectivity index (χ4n) is 5.14. The van der Waals surface area contributed by atoms with E-state index in [1.807, 2.05) is 19.3 Å². The van der Waals surface area contributed by atoms with Crippen LogP contribution in [-0.4, -0.2) is 68.3 Å². The number of hydrogen-bond donors (Lipinski definition) is 1. The lowest BCUT2D eigenvalue weighted by atomic mass is 9.86. The van der Waals surface area contributed by atoms with E-state index < -0.39 is 10.0 Å². The summed E-state index contributed by atoms with van der Waals surface area (Å²) in [5.74, 6) is 0.751. The van der Waals surface area contributed by atoms with Gasteiger partial charge in [-0.1, -0.05) is 0 Å². The number of methoxy groups -OCH3 is 1. The van der Waals surface area contributed by atoms with Crippen LogP contribution in [0.4, 0.5) is 11.4 Å². The van der Waals surface area contributed by atoms with Crippen molar-refractivity contribution in [1.82, 2.24) is 14.3 Å². The van der Waals surface area contributed by atoms with E-state index in [0.717, 1.165) is 48.8 Å². The number of aromatic nitrogens is 2. The first-order valence-electron chi connectivity index (χ1n) is 11.0. The Morgan fingerprint density at radius 3 is 2.77 bits per heavy atom. The van der Waals surface area contributed by atoms with Crippen LogP contribution in [0.2, 0.25) is 0 Å². The summed E-state index contributed by atoms with van der Waals surface area (Å²) in [5, 5.41) is 0.959. The summed E-state index contributed by atoms with van der Waals surface area (Å²) in [7, 11) is 0.487. The summed E-state index contributed by atoms with van der Waals surface area (Å²) < 4.78 is 32.7. The normalized spacial score (nSPS) is 25.0. The van der Waals surface area contributed by atoms with E-state index in [1.165, 1.54) is 0 Å². The van der Waals surface area contributed by atoms with Gasteiger partial charge in [-0.2, -0.15) is 0 Å². The third-order valence-corrected chi connectivity index (χ3v) is 8.88. The molecule has 3 heterocycles. The van der Waals surface area contributed by atoms with Crippen molar-refractivity contribution in [3.05, 3.63) is 29.9 Å². The van der Waals surface area contributed by atoms with Gasteiger partial charge in [0.15, 0.2) is 0 Å². The predicted octanol–water partition coefficient (Wildman–Crippen LogP) is 3.41. The molecule has 1 aliphatic carbocycles. The zero-order chi connectivity index (χ0) is 22.0. The first-order valence-corrected chi connectivity index (χ1v) is 12.6. The molecule has 1 saturated heterocycles.